The van der Waals surface area contributed by atoms with Gasteiger partial charge in [-0.3, -0.25) is 0 Å². The fraction of sp³-hybridized carbons (Fsp3) is 0.667. The molecule has 0 amide bonds. The van der Waals surface area contributed by atoms with Crippen molar-refractivity contribution in [3.05, 3.63) is 18.1 Å². The summed E-state index contributed by atoms with van der Waals surface area (Å²) in [6.07, 6.45) is 4.35. The molecule has 1 aliphatic heterocycles. The molecule has 1 saturated heterocycles. The van der Waals surface area contributed by atoms with Gasteiger partial charge in [-0.05, 0) is 19.3 Å². The zero-order valence-electron chi connectivity index (χ0n) is 10.1. The maximum Gasteiger partial charge on any atom is 0.130 e. The molecule has 4 nitrogen and oxygen atoms in total. The summed E-state index contributed by atoms with van der Waals surface area (Å²) in [6, 6.07) is 1.99. The van der Waals surface area contributed by atoms with Gasteiger partial charge in [0.2, 0.25) is 0 Å². The van der Waals surface area contributed by atoms with Crippen LogP contribution in [-0.2, 0) is 11.2 Å². The quantitative estimate of drug-likeness (QED) is 0.839. The Hall–Kier alpha value is -0.870. The van der Waals surface area contributed by atoms with Crippen LogP contribution in [0.1, 0.15) is 25.5 Å². The number of hydrogen-bond acceptors (Lipinski definition) is 4. The molecule has 1 aromatic heterocycles. The summed E-state index contributed by atoms with van der Waals surface area (Å²) >= 11 is 6.10. The van der Waals surface area contributed by atoms with Crippen LogP contribution in [0, 0.1) is 0 Å². The lowest BCUT2D eigenvalue weighted by Crippen LogP contribution is -2.45. The fourth-order valence-electron chi connectivity index (χ4n) is 1.99. The van der Waals surface area contributed by atoms with E-state index in [2.05, 4.69) is 22.2 Å². The van der Waals surface area contributed by atoms with Crippen LogP contribution in [0.4, 0.5) is 5.82 Å². The van der Waals surface area contributed by atoms with Gasteiger partial charge in [-0.1, -0.05) is 6.92 Å². The van der Waals surface area contributed by atoms with E-state index in [1.54, 1.807) is 6.33 Å². The van der Waals surface area contributed by atoms with Gasteiger partial charge in [0.1, 0.15) is 12.1 Å². The summed E-state index contributed by atoms with van der Waals surface area (Å²) in [5.74, 6) is 1.43. The van der Waals surface area contributed by atoms with Crippen molar-refractivity contribution in [1.29, 1.82) is 0 Å². The Morgan fingerprint density at radius 3 is 2.82 bits per heavy atom. The van der Waals surface area contributed by atoms with Crippen LogP contribution in [-0.4, -0.2) is 34.6 Å². The van der Waals surface area contributed by atoms with Gasteiger partial charge < -0.3 is 10.1 Å². The van der Waals surface area contributed by atoms with E-state index in [1.165, 1.54) is 0 Å². The number of aryl methyl sites for hydroxylation is 1. The Kier molecular flexibility index (Phi) is 4.18. The van der Waals surface area contributed by atoms with E-state index in [9.17, 15) is 0 Å². The number of nitrogens with one attached hydrogen (secondary N) is 1. The molecule has 0 unspecified atom stereocenters. The zero-order valence-corrected chi connectivity index (χ0v) is 10.8. The highest BCUT2D eigenvalue weighted by atomic mass is 35.5. The summed E-state index contributed by atoms with van der Waals surface area (Å²) in [5.41, 5.74) is 0.957. The third-order valence-corrected chi connectivity index (χ3v) is 3.70. The van der Waals surface area contributed by atoms with Gasteiger partial charge >= 0.3 is 0 Å². The first-order valence-corrected chi connectivity index (χ1v) is 6.54. The molecule has 94 valence electrons. The minimum Gasteiger partial charge on any atom is -0.381 e. The lowest BCUT2D eigenvalue weighted by molar-refractivity contribution is 0.0666. The predicted octanol–water partition coefficient (Wildman–Crippen LogP) is 2.24. The van der Waals surface area contributed by atoms with Crippen molar-refractivity contribution >= 4 is 17.4 Å². The first kappa shape index (κ1) is 12.6. The SMILES string of the molecule is CCc1cc(NC2(CCl)CCOCC2)ncn1. The highest BCUT2D eigenvalue weighted by Gasteiger charge is 2.31. The molecule has 0 radical (unpaired) electrons. The average molecular weight is 256 g/mol. The van der Waals surface area contributed by atoms with E-state index in [0.717, 1.165) is 44.0 Å². The summed E-state index contributed by atoms with van der Waals surface area (Å²) in [7, 11) is 0. The maximum absolute atomic E-state index is 6.10. The van der Waals surface area contributed by atoms with Crippen LogP contribution in [0.25, 0.3) is 0 Å². The molecule has 0 atom stereocenters. The first-order valence-electron chi connectivity index (χ1n) is 6.01. The largest absolute Gasteiger partial charge is 0.381 e. The Bertz CT molecular complexity index is 367. The number of halogens is 1. The molecule has 2 heterocycles. The van der Waals surface area contributed by atoms with Crippen molar-refractivity contribution in [2.75, 3.05) is 24.4 Å². The molecule has 17 heavy (non-hydrogen) atoms. The Balaban J connectivity index is 2.11. The van der Waals surface area contributed by atoms with Gasteiger partial charge in [-0.25, -0.2) is 9.97 Å². The normalized spacial score (nSPS) is 18.9. The smallest absolute Gasteiger partial charge is 0.130 e. The van der Waals surface area contributed by atoms with Crippen molar-refractivity contribution in [1.82, 2.24) is 9.97 Å². The monoisotopic (exact) mass is 255 g/mol. The zero-order chi connectivity index (χ0) is 12.1. The van der Waals surface area contributed by atoms with Crippen LogP contribution >= 0.6 is 11.6 Å². The minimum absolute atomic E-state index is 0.0842. The lowest BCUT2D eigenvalue weighted by Gasteiger charge is -2.36. The molecule has 0 bridgehead atoms. The van der Waals surface area contributed by atoms with Crippen LogP contribution < -0.4 is 5.32 Å². The van der Waals surface area contributed by atoms with Crippen LogP contribution in [0.5, 0.6) is 0 Å². The van der Waals surface area contributed by atoms with E-state index in [4.69, 9.17) is 16.3 Å². The second kappa shape index (κ2) is 5.65. The average Bonchev–Trinajstić information content (AvgIpc) is 2.40. The summed E-state index contributed by atoms with van der Waals surface area (Å²) in [5, 5.41) is 3.46. The Morgan fingerprint density at radius 2 is 2.18 bits per heavy atom. The van der Waals surface area contributed by atoms with Gasteiger partial charge in [0.15, 0.2) is 0 Å². The third kappa shape index (κ3) is 3.07. The molecule has 0 spiro atoms. The van der Waals surface area contributed by atoms with Gasteiger partial charge in [0.05, 0.1) is 5.54 Å². The van der Waals surface area contributed by atoms with Crippen molar-refractivity contribution in [3.8, 4) is 0 Å². The molecular formula is C12H18ClN3O. The molecule has 1 N–H and O–H groups in total. The molecule has 0 aromatic carbocycles. The second-order valence-electron chi connectivity index (χ2n) is 4.40. The van der Waals surface area contributed by atoms with Gasteiger partial charge in [0.25, 0.3) is 0 Å². The van der Waals surface area contributed by atoms with Crippen LogP contribution in [0.3, 0.4) is 0 Å². The fourth-order valence-corrected chi connectivity index (χ4v) is 2.32. The van der Waals surface area contributed by atoms with Crippen molar-refractivity contribution < 1.29 is 4.74 Å². The Labute approximate surface area is 107 Å². The number of aromatic nitrogens is 2. The number of rotatable bonds is 4. The van der Waals surface area contributed by atoms with E-state index < -0.39 is 0 Å². The van der Waals surface area contributed by atoms with Crippen molar-refractivity contribution in [3.63, 3.8) is 0 Å². The van der Waals surface area contributed by atoms with E-state index in [-0.39, 0.29) is 5.54 Å². The molecular weight excluding hydrogens is 238 g/mol. The number of alkyl halides is 1. The topological polar surface area (TPSA) is 47.0 Å². The standard InChI is InChI=1S/C12H18ClN3O/c1-2-10-7-11(15-9-14-10)16-12(8-13)3-5-17-6-4-12/h7,9H,2-6,8H2,1H3,(H,14,15,16). The van der Waals surface area contributed by atoms with Gasteiger partial charge in [0, 0.05) is 30.9 Å². The maximum atomic E-state index is 6.10. The molecule has 0 aliphatic carbocycles. The summed E-state index contributed by atoms with van der Waals surface area (Å²) in [4.78, 5) is 8.44. The minimum atomic E-state index is -0.0842. The molecule has 0 saturated carbocycles. The van der Waals surface area contributed by atoms with Crippen LogP contribution in [0.2, 0.25) is 0 Å². The van der Waals surface area contributed by atoms with Crippen molar-refractivity contribution in [2.24, 2.45) is 0 Å². The van der Waals surface area contributed by atoms with Crippen molar-refractivity contribution in [2.45, 2.75) is 31.7 Å². The number of nitrogens with zero attached hydrogens (tertiary/aromatic N) is 2. The predicted molar refractivity (Wildman–Crippen MR) is 68.5 cm³/mol. The molecule has 1 aliphatic rings. The van der Waals surface area contributed by atoms with E-state index in [0.29, 0.717) is 5.88 Å². The van der Waals surface area contributed by atoms with E-state index >= 15 is 0 Å². The second-order valence-corrected chi connectivity index (χ2v) is 4.67. The number of hydrogen-bond donors (Lipinski definition) is 1. The lowest BCUT2D eigenvalue weighted by atomic mass is 9.92. The molecule has 2 rings (SSSR count). The third-order valence-electron chi connectivity index (χ3n) is 3.18. The Morgan fingerprint density at radius 1 is 1.41 bits per heavy atom. The first-order chi connectivity index (χ1) is 8.28. The summed E-state index contributed by atoms with van der Waals surface area (Å²) in [6.45, 7) is 3.59. The van der Waals surface area contributed by atoms with Crippen LogP contribution in [0.15, 0.2) is 12.4 Å². The molecule has 1 aromatic rings. The number of ether oxygens (including phenoxy) is 1. The molecule has 1 fully saturated rings. The highest BCUT2D eigenvalue weighted by Crippen LogP contribution is 2.26. The van der Waals surface area contributed by atoms with E-state index in [1.807, 2.05) is 6.07 Å². The van der Waals surface area contributed by atoms with Gasteiger partial charge in [-0.15, -0.1) is 11.6 Å². The number of anilines is 1. The highest BCUT2D eigenvalue weighted by molar-refractivity contribution is 6.18. The van der Waals surface area contributed by atoms with Gasteiger partial charge in [-0.2, -0.15) is 0 Å². The summed E-state index contributed by atoms with van der Waals surface area (Å²) < 4.78 is 5.38. The molecule has 5 heteroatoms.